The van der Waals surface area contributed by atoms with E-state index in [1.54, 1.807) is 59.5 Å². The van der Waals surface area contributed by atoms with Gasteiger partial charge in [0.1, 0.15) is 11.6 Å². The molecule has 0 aliphatic rings. The van der Waals surface area contributed by atoms with E-state index in [2.05, 4.69) is 5.32 Å². The zero-order valence-corrected chi connectivity index (χ0v) is 18.3. The summed E-state index contributed by atoms with van der Waals surface area (Å²) in [6.45, 7) is 0.202. The molecule has 4 rings (SSSR count). The summed E-state index contributed by atoms with van der Waals surface area (Å²) in [7, 11) is 0. The highest BCUT2D eigenvalue weighted by Gasteiger charge is 2.19. The van der Waals surface area contributed by atoms with Gasteiger partial charge in [0.05, 0.1) is 17.8 Å². The summed E-state index contributed by atoms with van der Waals surface area (Å²) >= 11 is 1.34. The van der Waals surface area contributed by atoms with Crippen molar-refractivity contribution in [2.45, 2.75) is 13.0 Å². The average molecular weight is 463 g/mol. The molecule has 7 heteroatoms. The Morgan fingerprint density at radius 3 is 2.21 bits per heavy atom. The smallest absolute Gasteiger partial charge is 0.268 e. The van der Waals surface area contributed by atoms with Gasteiger partial charge in [0.25, 0.3) is 5.91 Å². The van der Waals surface area contributed by atoms with E-state index in [1.165, 1.54) is 41.7 Å². The van der Waals surface area contributed by atoms with Gasteiger partial charge in [-0.1, -0.05) is 36.4 Å². The van der Waals surface area contributed by atoms with Crippen LogP contribution in [0.5, 0.6) is 0 Å². The van der Waals surface area contributed by atoms with Crippen LogP contribution in [0.15, 0.2) is 90.3 Å². The lowest BCUT2D eigenvalue weighted by Crippen LogP contribution is -2.29. The van der Waals surface area contributed by atoms with Gasteiger partial charge >= 0.3 is 0 Å². The topological polar surface area (TPSA) is 49.4 Å². The number of carbonyl (C=O) groups is 2. The average Bonchev–Trinajstić information content (AvgIpc) is 3.33. The minimum Gasteiger partial charge on any atom is -0.326 e. The minimum absolute atomic E-state index is 0.0968. The molecule has 0 saturated heterocycles. The summed E-state index contributed by atoms with van der Waals surface area (Å²) in [6, 6.07) is 22.4. The van der Waals surface area contributed by atoms with Crippen molar-refractivity contribution >= 4 is 34.5 Å². The van der Waals surface area contributed by atoms with Gasteiger partial charge in [0.15, 0.2) is 0 Å². The fraction of sp³-hybridized carbons (Fsp3) is 0.0769. The predicted molar refractivity (Wildman–Crippen MR) is 126 cm³/mol. The zero-order chi connectivity index (χ0) is 23.2. The van der Waals surface area contributed by atoms with Crippen LogP contribution in [-0.2, 0) is 17.8 Å². The summed E-state index contributed by atoms with van der Waals surface area (Å²) in [5.41, 5.74) is 2.42. The summed E-state index contributed by atoms with van der Waals surface area (Å²) < 4.78 is 27.0. The number of anilines is 2. The number of carbonyl (C=O) groups excluding carboxylic acids is 2. The number of nitrogens with one attached hydrogen (secondary N) is 1. The molecule has 0 radical (unpaired) electrons. The highest BCUT2D eigenvalue weighted by Crippen LogP contribution is 2.23. The Morgan fingerprint density at radius 2 is 1.55 bits per heavy atom. The second-order valence-electron chi connectivity index (χ2n) is 7.40. The first-order chi connectivity index (χ1) is 16.0. The molecule has 2 amide bonds. The molecule has 0 aliphatic heterocycles. The van der Waals surface area contributed by atoms with Crippen LogP contribution in [0.25, 0.3) is 0 Å². The fourth-order valence-corrected chi connectivity index (χ4v) is 4.05. The standard InChI is InChI=1S/C26H20F2N2O2S/c27-20-5-1-4-19(14-20)17-30(26(32)24-8-3-13-33-24)23-11-9-18(10-12-23)15-25(31)29-22-7-2-6-21(28)16-22/h1-14,16H,15,17H2,(H,29,31). The SMILES string of the molecule is O=C(Cc1ccc(N(Cc2cccc(F)c2)C(=O)c2cccs2)cc1)Nc1cccc(F)c1. The van der Waals surface area contributed by atoms with E-state index in [0.717, 1.165) is 5.56 Å². The first-order valence-electron chi connectivity index (χ1n) is 10.2. The molecule has 0 atom stereocenters. The number of thiophene rings is 1. The third-order valence-corrected chi connectivity index (χ3v) is 5.79. The van der Waals surface area contributed by atoms with E-state index in [-0.39, 0.29) is 30.6 Å². The van der Waals surface area contributed by atoms with Crippen LogP contribution in [0.3, 0.4) is 0 Å². The fourth-order valence-electron chi connectivity index (χ4n) is 3.38. The quantitative estimate of drug-likeness (QED) is 0.363. The van der Waals surface area contributed by atoms with Gasteiger partial charge in [-0.2, -0.15) is 0 Å². The van der Waals surface area contributed by atoms with Crippen LogP contribution in [0.1, 0.15) is 20.8 Å². The van der Waals surface area contributed by atoms with Crippen molar-refractivity contribution in [1.82, 2.24) is 0 Å². The van der Waals surface area contributed by atoms with Gasteiger partial charge in [0, 0.05) is 11.4 Å². The number of hydrogen-bond acceptors (Lipinski definition) is 3. The predicted octanol–water partition coefficient (Wildman–Crippen LogP) is 6.05. The number of amides is 2. The molecule has 166 valence electrons. The number of halogens is 2. The molecular formula is C26H20F2N2O2S. The summed E-state index contributed by atoms with van der Waals surface area (Å²) in [5, 5.41) is 4.49. The molecule has 4 nitrogen and oxygen atoms in total. The van der Waals surface area contributed by atoms with Crippen LogP contribution in [0.4, 0.5) is 20.2 Å². The molecular weight excluding hydrogens is 442 g/mol. The Hall–Kier alpha value is -3.84. The number of hydrogen-bond donors (Lipinski definition) is 1. The van der Waals surface area contributed by atoms with Gasteiger partial charge in [-0.3, -0.25) is 9.59 Å². The molecule has 0 saturated carbocycles. The van der Waals surface area contributed by atoms with Crippen LogP contribution in [-0.4, -0.2) is 11.8 Å². The van der Waals surface area contributed by atoms with Gasteiger partial charge in [-0.25, -0.2) is 8.78 Å². The Kier molecular flexibility index (Phi) is 6.90. The van der Waals surface area contributed by atoms with Crippen LogP contribution in [0, 0.1) is 11.6 Å². The first kappa shape index (κ1) is 22.4. The zero-order valence-electron chi connectivity index (χ0n) is 17.5. The lowest BCUT2D eigenvalue weighted by molar-refractivity contribution is -0.115. The van der Waals surface area contributed by atoms with E-state index in [1.807, 2.05) is 5.38 Å². The second kappa shape index (κ2) is 10.2. The lowest BCUT2D eigenvalue weighted by Gasteiger charge is -2.23. The van der Waals surface area contributed by atoms with Crippen molar-refractivity contribution in [1.29, 1.82) is 0 Å². The summed E-state index contributed by atoms with van der Waals surface area (Å²) in [4.78, 5) is 27.6. The van der Waals surface area contributed by atoms with Crippen molar-refractivity contribution in [2.24, 2.45) is 0 Å². The van der Waals surface area contributed by atoms with E-state index in [0.29, 0.717) is 21.8 Å². The van der Waals surface area contributed by atoms with E-state index in [9.17, 15) is 18.4 Å². The van der Waals surface area contributed by atoms with Gasteiger partial charge < -0.3 is 10.2 Å². The number of rotatable bonds is 7. The van der Waals surface area contributed by atoms with Crippen LogP contribution >= 0.6 is 11.3 Å². The molecule has 4 aromatic rings. The molecule has 0 fully saturated rings. The molecule has 1 heterocycles. The molecule has 0 spiro atoms. The summed E-state index contributed by atoms with van der Waals surface area (Å²) in [5.74, 6) is -1.26. The normalized spacial score (nSPS) is 10.6. The molecule has 0 bridgehead atoms. The maximum Gasteiger partial charge on any atom is 0.268 e. The molecule has 0 aliphatic carbocycles. The van der Waals surface area contributed by atoms with E-state index >= 15 is 0 Å². The number of benzene rings is 3. The maximum absolute atomic E-state index is 13.7. The maximum atomic E-state index is 13.7. The third kappa shape index (κ3) is 5.90. The largest absolute Gasteiger partial charge is 0.326 e. The monoisotopic (exact) mass is 462 g/mol. The third-order valence-electron chi connectivity index (χ3n) is 4.93. The van der Waals surface area contributed by atoms with Crippen LogP contribution in [0.2, 0.25) is 0 Å². The van der Waals surface area contributed by atoms with Gasteiger partial charge in [0.2, 0.25) is 5.91 Å². The highest BCUT2D eigenvalue weighted by atomic mass is 32.1. The van der Waals surface area contributed by atoms with Crippen LogP contribution < -0.4 is 10.2 Å². The van der Waals surface area contributed by atoms with E-state index < -0.39 is 5.82 Å². The molecule has 1 aromatic heterocycles. The highest BCUT2D eigenvalue weighted by molar-refractivity contribution is 7.12. The molecule has 33 heavy (non-hydrogen) atoms. The Bertz CT molecular complexity index is 1260. The van der Waals surface area contributed by atoms with Crippen molar-refractivity contribution in [3.63, 3.8) is 0 Å². The van der Waals surface area contributed by atoms with E-state index in [4.69, 9.17) is 0 Å². The second-order valence-corrected chi connectivity index (χ2v) is 8.35. The molecule has 1 N–H and O–H groups in total. The van der Waals surface area contributed by atoms with Crippen molar-refractivity contribution < 1.29 is 18.4 Å². The van der Waals surface area contributed by atoms with Gasteiger partial charge in [-0.05, 0) is 65.0 Å². The molecule has 0 unspecified atom stereocenters. The summed E-state index contributed by atoms with van der Waals surface area (Å²) in [6.07, 6.45) is 0.0968. The van der Waals surface area contributed by atoms with Crippen molar-refractivity contribution in [3.8, 4) is 0 Å². The number of nitrogens with zero attached hydrogens (tertiary/aromatic N) is 1. The van der Waals surface area contributed by atoms with Gasteiger partial charge in [-0.15, -0.1) is 11.3 Å². The Labute approximate surface area is 194 Å². The Morgan fingerprint density at radius 1 is 0.818 bits per heavy atom. The molecule has 3 aromatic carbocycles. The lowest BCUT2D eigenvalue weighted by atomic mass is 10.1. The Balaban J connectivity index is 1.51. The minimum atomic E-state index is -0.425. The van der Waals surface area contributed by atoms with Crippen molar-refractivity contribution in [3.05, 3.63) is 118 Å². The van der Waals surface area contributed by atoms with Crippen molar-refractivity contribution in [2.75, 3.05) is 10.2 Å². The first-order valence-corrected chi connectivity index (χ1v) is 11.1.